The average Bonchev–Trinajstić information content (AvgIpc) is 3.63. The molecule has 0 unspecified atom stereocenters. The van der Waals surface area contributed by atoms with Gasteiger partial charge in [0.2, 0.25) is 5.88 Å². The van der Waals surface area contributed by atoms with E-state index in [2.05, 4.69) is 35.8 Å². The largest absolute Gasteiger partial charge is 0.492 e. The summed E-state index contributed by atoms with van der Waals surface area (Å²) >= 11 is 0. The number of nitrogens with zero attached hydrogens (tertiary/aromatic N) is 7. The Kier molecular flexibility index (Phi) is 7.79. The molecule has 1 saturated heterocycles. The number of nitrogens with one attached hydrogen (secondary N) is 2. The Morgan fingerprint density at radius 3 is 2.81 bits per heavy atom. The normalized spacial score (nSPS) is 15.6. The molecular weight excluding hydrogens is 553 g/mol. The molecule has 0 radical (unpaired) electrons. The van der Waals surface area contributed by atoms with E-state index in [0.717, 1.165) is 30.6 Å². The van der Waals surface area contributed by atoms with Crippen LogP contribution in [0.3, 0.4) is 0 Å². The predicted molar refractivity (Wildman–Crippen MR) is 159 cm³/mol. The molecular formula is C30H30FN9O3. The van der Waals surface area contributed by atoms with Crippen molar-refractivity contribution in [1.82, 2.24) is 34.4 Å². The second-order valence-electron chi connectivity index (χ2n) is 10.2. The van der Waals surface area contributed by atoms with Crippen molar-refractivity contribution < 1.29 is 18.7 Å². The van der Waals surface area contributed by atoms with Gasteiger partial charge in [-0.2, -0.15) is 0 Å². The zero-order valence-electron chi connectivity index (χ0n) is 23.9. The maximum Gasteiger partial charge on any atom is 0.284 e. The van der Waals surface area contributed by atoms with Crippen molar-refractivity contribution in [3.8, 4) is 17.4 Å². The molecule has 1 aliphatic rings. The number of likely N-dealkylation sites (N-methyl/N-ethyl adjacent to an activating group) is 1. The summed E-state index contributed by atoms with van der Waals surface area (Å²) in [5.41, 5.74) is 3.14. The number of hydrogen-bond donors (Lipinski definition) is 2. The molecule has 1 amide bonds. The van der Waals surface area contributed by atoms with E-state index in [4.69, 9.17) is 9.47 Å². The van der Waals surface area contributed by atoms with Gasteiger partial charge in [0.1, 0.15) is 36.3 Å². The fourth-order valence-electron chi connectivity index (χ4n) is 4.99. The first-order chi connectivity index (χ1) is 20.9. The molecule has 4 heterocycles. The predicted octanol–water partition coefficient (Wildman–Crippen LogP) is 5.20. The summed E-state index contributed by atoms with van der Waals surface area (Å²) in [4.78, 5) is 28.0. The van der Waals surface area contributed by atoms with Crippen LogP contribution < -0.4 is 20.1 Å². The molecule has 2 aromatic carbocycles. The van der Waals surface area contributed by atoms with Crippen molar-refractivity contribution in [2.24, 2.45) is 0 Å². The Bertz CT molecular complexity index is 1840. The van der Waals surface area contributed by atoms with Crippen molar-refractivity contribution >= 4 is 39.6 Å². The van der Waals surface area contributed by atoms with Crippen LogP contribution in [0.25, 0.3) is 16.6 Å². The molecule has 0 bridgehead atoms. The first-order valence-electron chi connectivity index (χ1n) is 13.9. The Labute approximate surface area is 246 Å². The van der Waals surface area contributed by atoms with E-state index in [1.165, 1.54) is 12.4 Å². The first kappa shape index (κ1) is 28.0. The molecule has 220 valence electrons. The van der Waals surface area contributed by atoms with Gasteiger partial charge in [-0.15, -0.1) is 10.2 Å². The molecule has 1 aliphatic heterocycles. The minimum Gasteiger partial charge on any atom is -0.492 e. The van der Waals surface area contributed by atoms with E-state index in [9.17, 15) is 9.18 Å². The van der Waals surface area contributed by atoms with Gasteiger partial charge in [0, 0.05) is 29.2 Å². The quantitative estimate of drug-likeness (QED) is 0.223. The monoisotopic (exact) mass is 583 g/mol. The third kappa shape index (κ3) is 6.06. The maximum absolute atomic E-state index is 14.9. The number of halogens is 1. The number of rotatable bonds is 9. The highest BCUT2D eigenvalue weighted by Gasteiger charge is 2.22. The van der Waals surface area contributed by atoms with Gasteiger partial charge >= 0.3 is 0 Å². The molecule has 3 aromatic heterocycles. The lowest BCUT2D eigenvalue weighted by molar-refractivity contribution is -0.114. The zero-order chi connectivity index (χ0) is 29.9. The number of aromatic nitrogens is 6. The third-order valence-electron chi connectivity index (χ3n) is 7.23. The maximum atomic E-state index is 14.9. The summed E-state index contributed by atoms with van der Waals surface area (Å²) in [5, 5.41) is 14.5. The number of carbonyl (C=O) groups excluding carboxylic acids is 1. The van der Waals surface area contributed by atoms with E-state index in [0.29, 0.717) is 52.0 Å². The molecule has 0 saturated carbocycles. The Morgan fingerprint density at radius 1 is 1.14 bits per heavy atom. The van der Waals surface area contributed by atoms with Crippen LogP contribution in [-0.2, 0) is 4.79 Å². The van der Waals surface area contributed by atoms with Crippen LogP contribution in [0.2, 0.25) is 0 Å². The Hall–Kier alpha value is -5.17. The van der Waals surface area contributed by atoms with E-state index in [1.807, 2.05) is 44.0 Å². The SMILES string of the molecule is CCOc1cc2ncnc(Nc3ccc(Oc4cc5nncn5cn4)c(C)c3)c2cc1NC(=O)/C(F)=C/[C@H]1CCCN1C. The molecule has 0 aliphatic carbocycles. The minimum absolute atomic E-state index is 0.105. The second-order valence-corrected chi connectivity index (χ2v) is 10.2. The van der Waals surface area contributed by atoms with Crippen molar-refractivity contribution in [1.29, 1.82) is 0 Å². The van der Waals surface area contributed by atoms with Gasteiger partial charge in [0.15, 0.2) is 11.5 Å². The van der Waals surface area contributed by atoms with E-state index >= 15 is 0 Å². The van der Waals surface area contributed by atoms with Crippen LogP contribution in [0.1, 0.15) is 25.3 Å². The van der Waals surface area contributed by atoms with Crippen LogP contribution >= 0.6 is 0 Å². The van der Waals surface area contributed by atoms with Crippen LogP contribution in [0, 0.1) is 6.92 Å². The molecule has 2 N–H and O–H groups in total. The topological polar surface area (TPSA) is 132 Å². The summed E-state index contributed by atoms with van der Waals surface area (Å²) in [5.74, 6) is 0.231. The summed E-state index contributed by atoms with van der Waals surface area (Å²) in [6.45, 7) is 4.98. The summed E-state index contributed by atoms with van der Waals surface area (Å²) < 4.78 is 28.3. The van der Waals surface area contributed by atoms with Crippen molar-refractivity contribution in [3.05, 3.63) is 72.8 Å². The number of carbonyl (C=O) groups is 1. The highest BCUT2D eigenvalue weighted by Crippen LogP contribution is 2.35. The van der Waals surface area contributed by atoms with Crippen LogP contribution in [-0.4, -0.2) is 66.6 Å². The molecule has 1 fully saturated rings. The van der Waals surface area contributed by atoms with Gasteiger partial charge in [-0.3, -0.25) is 14.1 Å². The summed E-state index contributed by atoms with van der Waals surface area (Å²) in [6, 6.07) is 10.6. The van der Waals surface area contributed by atoms with Gasteiger partial charge in [-0.1, -0.05) is 0 Å². The molecule has 5 aromatic rings. The number of likely N-dealkylation sites (tertiary alicyclic amines) is 1. The van der Waals surface area contributed by atoms with Crippen molar-refractivity contribution in [3.63, 3.8) is 0 Å². The van der Waals surface area contributed by atoms with Crippen LogP contribution in [0.15, 0.2) is 67.3 Å². The number of benzene rings is 2. The molecule has 12 nitrogen and oxygen atoms in total. The lowest BCUT2D eigenvalue weighted by Crippen LogP contribution is -2.24. The van der Waals surface area contributed by atoms with Crippen molar-refractivity contribution in [2.45, 2.75) is 32.7 Å². The number of aryl methyl sites for hydroxylation is 1. The Morgan fingerprint density at radius 2 is 2.02 bits per heavy atom. The minimum atomic E-state index is -0.837. The van der Waals surface area contributed by atoms with Gasteiger partial charge in [-0.25, -0.2) is 19.3 Å². The number of hydrogen-bond acceptors (Lipinski definition) is 10. The highest BCUT2D eigenvalue weighted by atomic mass is 19.1. The summed E-state index contributed by atoms with van der Waals surface area (Å²) in [7, 11) is 1.92. The fraction of sp³-hybridized carbons (Fsp3) is 0.267. The van der Waals surface area contributed by atoms with Crippen LogP contribution in [0.5, 0.6) is 17.4 Å². The van der Waals surface area contributed by atoms with Crippen molar-refractivity contribution in [2.75, 3.05) is 30.8 Å². The van der Waals surface area contributed by atoms with Crippen LogP contribution in [0.4, 0.5) is 21.6 Å². The molecule has 1 atom stereocenters. The van der Waals surface area contributed by atoms with E-state index in [1.54, 1.807) is 35.3 Å². The lowest BCUT2D eigenvalue weighted by atomic mass is 10.1. The number of amides is 1. The standard InChI is InChI=1S/C30H30FN9O3/c1-4-42-26-13-23-21(12-24(26)37-30(41)22(31)11-20-6-5-9-39(20)3)29(33-15-32-23)36-19-7-8-25(18(2)10-19)43-28-14-27-38-35-17-40(27)16-34-28/h7-8,10-17,20H,4-6,9H2,1-3H3,(H,37,41)(H,32,33,36)/b22-11-/t20-/m1/s1. The number of ether oxygens (including phenoxy) is 2. The van der Waals surface area contributed by atoms with Gasteiger partial charge in [-0.05, 0) is 76.2 Å². The number of fused-ring (bicyclic) bond motifs is 2. The van der Waals surface area contributed by atoms with Gasteiger partial charge in [0.05, 0.1) is 17.8 Å². The smallest absolute Gasteiger partial charge is 0.284 e. The average molecular weight is 584 g/mol. The molecule has 43 heavy (non-hydrogen) atoms. The van der Waals surface area contributed by atoms with Gasteiger partial charge < -0.3 is 20.1 Å². The molecule has 13 heteroatoms. The lowest BCUT2D eigenvalue weighted by Gasteiger charge is -2.16. The Balaban J connectivity index is 1.25. The summed E-state index contributed by atoms with van der Waals surface area (Å²) in [6.07, 6.45) is 7.74. The fourth-order valence-corrected chi connectivity index (χ4v) is 4.99. The third-order valence-corrected chi connectivity index (χ3v) is 7.23. The van der Waals surface area contributed by atoms with E-state index < -0.39 is 11.7 Å². The zero-order valence-corrected chi connectivity index (χ0v) is 23.9. The second kappa shape index (κ2) is 12.0. The molecule has 6 rings (SSSR count). The highest BCUT2D eigenvalue weighted by molar-refractivity contribution is 6.05. The van der Waals surface area contributed by atoms with E-state index in [-0.39, 0.29) is 6.04 Å². The molecule has 0 spiro atoms. The first-order valence-corrected chi connectivity index (χ1v) is 13.9. The van der Waals surface area contributed by atoms with Gasteiger partial charge in [0.25, 0.3) is 5.91 Å². The number of anilines is 3.